The summed E-state index contributed by atoms with van der Waals surface area (Å²) < 4.78 is 5.37. The Bertz CT molecular complexity index is 1280. The third-order valence-corrected chi connectivity index (χ3v) is 13.6. The van der Waals surface area contributed by atoms with Gasteiger partial charge in [-0.25, -0.2) is 0 Å². The summed E-state index contributed by atoms with van der Waals surface area (Å²) in [6.45, 7) is 21.4. The summed E-state index contributed by atoms with van der Waals surface area (Å²) in [4.78, 5) is 0. The van der Waals surface area contributed by atoms with Crippen LogP contribution >= 0.6 is 0 Å². The van der Waals surface area contributed by atoms with Gasteiger partial charge in [0.15, 0.2) is 0 Å². The van der Waals surface area contributed by atoms with Crippen LogP contribution in [0.1, 0.15) is 116 Å². The smallest absolute Gasteiger partial charge is 0.118 e. The van der Waals surface area contributed by atoms with Crippen LogP contribution in [0.2, 0.25) is 0 Å². The van der Waals surface area contributed by atoms with Crippen LogP contribution in [0.4, 0.5) is 0 Å². The molecule has 0 bridgehead atoms. The van der Waals surface area contributed by atoms with Crippen LogP contribution in [0, 0.1) is 58.3 Å². The number of hydrogen-bond donors (Lipinski definition) is 2. The number of ether oxygens (including phenoxy) is 1. The Hall–Kier alpha value is -2.44. The molecular formula is C42H62N2O. The van der Waals surface area contributed by atoms with Crippen molar-refractivity contribution in [2.24, 2.45) is 46.3 Å². The lowest BCUT2D eigenvalue weighted by Gasteiger charge is -2.67. The maximum atomic E-state index is 5.37. The Labute approximate surface area is 276 Å². The molecule has 0 spiro atoms. The van der Waals surface area contributed by atoms with Gasteiger partial charge >= 0.3 is 0 Å². The highest BCUT2D eigenvalue weighted by molar-refractivity contribution is 5.70. The SMILES string of the molecule is C=C(OC)c1ccc(C2=CCC3(C)C(CCC4(C)C5CCC6(NCCNC#CCC)CCC[C@@H]6C5CCC34)C2C)cc1.C=CC. The fourth-order valence-electron chi connectivity index (χ4n) is 11.7. The van der Waals surface area contributed by atoms with E-state index in [0.717, 1.165) is 60.4 Å². The second-order valence-electron chi connectivity index (χ2n) is 15.5. The zero-order chi connectivity index (χ0) is 32.2. The first-order valence-electron chi connectivity index (χ1n) is 18.3. The molecule has 0 saturated heterocycles. The zero-order valence-corrected chi connectivity index (χ0v) is 29.4. The third-order valence-electron chi connectivity index (χ3n) is 13.6. The number of benzene rings is 1. The quantitative estimate of drug-likeness (QED) is 0.106. The predicted molar refractivity (Wildman–Crippen MR) is 192 cm³/mol. The summed E-state index contributed by atoms with van der Waals surface area (Å²) in [6.07, 6.45) is 19.3. The normalized spacial score (nSPS) is 37.9. The summed E-state index contributed by atoms with van der Waals surface area (Å²) in [5, 5.41) is 7.46. The van der Waals surface area contributed by atoms with Crippen molar-refractivity contribution in [1.29, 1.82) is 0 Å². The van der Waals surface area contributed by atoms with Gasteiger partial charge in [0.25, 0.3) is 0 Å². The minimum atomic E-state index is 0.382. The van der Waals surface area contributed by atoms with Crippen LogP contribution in [0.3, 0.4) is 0 Å². The lowest BCUT2D eigenvalue weighted by atomic mass is 9.38. The van der Waals surface area contributed by atoms with E-state index >= 15 is 0 Å². The van der Waals surface area contributed by atoms with Gasteiger partial charge in [-0.3, -0.25) is 0 Å². The lowest BCUT2D eigenvalue weighted by molar-refractivity contribution is -0.164. The Kier molecular flexibility index (Phi) is 10.6. The fourth-order valence-corrected chi connectivity index (χ4v) is 11.7. The van der Waals surface area contributed by atoms with Crippen molar-refractivity contribution in [3.63, 3.8) is 0 Å². The van der Waals surface area contributed by atoms with Gasteiger partial charge in [-0.2, -0.15) is 0 Å². The Morgan fingerprint density at radius 2 is 1.71 bits per heavy atom. The van der Waals surface area contributed by atoms with Gasteiger partial charge in [-0.1, -0.05) is 83.0 Å². The van der Waals surface area contributed by atoms with Crippen molar-refractivity contribution in [3.8, 4) is 12.0 Å². The van der Waals surface area contributed by atoms with Crippen molar-refractivity contribution in [2.75, 3.05) is 20.2 Å². The van der Waals surface area contributed by atoms with E-state index in [4.69, 9.17) is 4.74 Å². The molecule has 0 amide bonds. The number of rotatable bonds is 7. The minimum Gasteiger partial charge on any atom is -0.497 e. The summed E-state index contributed by atoms with van der Waals surface area (Å²) in [6, 6.07) is 12.1. The molecule has 0 heterocycles. The van der Waals surface area contributed by atoms with Crippen molar-refractivity contribution in [2.45, 2.75) is 111 Å². The van der Waals surface area contributed by atoms with Gasteiger partial charge < -0.3 is 15.4 Å². The molecular weight excluding hydrogens is 548 g/mol. The van der Waals surface area contributed by atoms with E-state index in [1.165, 1.54) is 69.8 Å². The average molecular weight is 611 g/mol. The molecule has 4 saturated carbocycles. The number of allylic oxidation sites excluding steroid dienone is 3. The molecule has 0 aromatic heterocycles. The van der Waals surface area contributed by atoms with Gasteiger partial charge in [-0.15, -0.1) is 6.58 Å². The molecule has 9 atom stereocenters. The van der Waals surface area contributed by atoms with Crippen LogP contribution in [0.5, 0.6) is 0 Å². The van der Waals surface area contributed by atoms with E-state index in [0.29, 0.717) is 22.3 Å². The van der Waals surface area contributed by atoms with E-state index in [9.17, 15) is 0 Å². The number of hydrogen-bond acceptors (Lipinski definition) is 3. The van der Waals surface area contributed by atoms with Crippen LogP contribution in [0.25, 0.3) is 11.3 Å². The molecule has 5 aliphatic rings. The first-order valence-corrected chi connectivity index (χ1v) is 18.3. The van der Waals surface area contributed by atoms with Crippen LogP contribution in [-0.2, 0) is 4.74 Å². The van der Waals surface area contributed by atoms with Gasteiger partial charge in [0.1, 0.15) is 5.76 Å². The van der Waals surface area contributed by atoms with Crippen molar-refractivity contribution >= 4 is 11.3 Å². The molecule has 1 aromatic carbocycles. The van der Waals surface area contributed by atoms with Crippen LogP contribution in [-0.4, -0.2) is 25.7 Å². The molecule has 4 fully saturated rings. The highest BCUT2D eigenvalue weighted by Crippen LogP contribution is 2.70. The minimum absolute atomic E-state index is 0.382. The molecule has 3 nitrogen and oxygen atoms in total. The second-order valence-corrected chi connectivity index (χ2v) is 15.5. The topological polar surface area (TPSA) is 33.3 Å². The van der Waals surface area contributed by atoms with Crippen molar-refractivity contribution < 1.29 is 4.74 Å². The van der Waals surface area contributed by atoms with E-state index in [-0.39, 0.29) is 0 Å². The lowest BCUT2D eigenvalue weighted by Crippen LogP contribution is -2.63. The van der Waals surface area contributed by atoms with Gasteiger partial charge in [0.2, 0.25) is 0 Å². The Morgan fingerprint density at radius 3 is 2.42 bits per heavy atom. The van der Waals surface area contributed by atoms with Crippen LogP contribution < -0.4 is 10.6 Å². The molecule has 8 unspecified atom stereocenters. The first kappa shape index (κ1) is 33.9. The average Bonchev–Trinajstić information content (AvgIpc) is 3.47. The van der Waals surface area contributed by atoms with Crippen molar-refractivity contribution in [1.82, 2.24) is 10.6 Å². The number of fused-ring (bicyclic) bond motifs is 7. The second kappa shape index (κ2) is 14.1. The highest BCUT2D eigenvalue weighted by atomic mass is 16.5. The fraction of sp³-hybridized carbons (Fsp3) is 0.667. The molecule has 45 heavy (non-hydrogen) atoms. The largest absolute Gasteiger partial charge is 0.497 e. The van der Waals surface area contributed by atoms with Gasteiger partial charge in [-0.05, 0) is 122 Å². The Balaban J connectivity index is 0.00000128. The van der Waals surface area contributed by atoms with E-state index < -0.39 is 0 Å². The van der Waals surface area contributed by atoms with Gasteiger partial charge in [0, 0.05) is 36.7 Å². The first-order chi connectivity index (χ1) is 21.7. The number of nitrogens with one attached hydrogen (secondary N) is 2. The monoisotopic (exact) mass is 610 g/mol. The zero-order valence-electron chi connectivity index (χ0n) is 29.4. The molecule has 5 aliphatic carbocycles. The summed E-state index contributed by atoms with van der Waals surface area (Å²) in [5.74, 6) is 8.81. The third kappa shape index (κ3) is 6.18. The maximum absolute atomic E-state index is 5.37. The summed E-state index contributed by atoms with van der Waals surface area (Å²) >= 11 is 0. The molecule has 0 radical (unpaired) electrons. The maximum Gasteiger partial charge on any atom is 0.118 e. The van der Waals surface area contributed by atoms with Crippen molar-refractivity contribution in [3.05, 3.63) is 60.7 Å². The molecule has 246 valence electrons. The van der Waals surface area contributed by atoms with Crippen LogP contribution in [0.15, 0.2) is 49.6 Å². The summed E-state index contributed by atoms with van der Waals surface area (Å²) in [5.41, 5.74) is 5.32. The van der Waals surface area contributed by atoms with E-state index in [1.54, 1.807) is 18.8 Å². The summed E-state index contributed by atoms with van der Waals surface area (Å²) in [7, 11) is 1.70. The van der Waals surface area contributed by atoms with Gasteiger partial charge in [0.05, 0.1) is 7.11 Å². The van der Waals surface area contributed by atoms with E-state index in [2.05, 4.69) is 93.8 Å². The molecule has 3 heteroatoms. The molecule has 0 aliphatic heterocycles. The van der Waals surface area contributed by atoms with E-state index in [1.807, 2.05) is 6.92 Å². The molecule has 6 rings (SSSR count). The predicted octanol–water partition coefficient (Wildman–Crippen LogP) is 9.87. The Morgan fingerprint density at radius 1 is 0.978 bits per heavy atom. The standard InChI is InChI=1S/C39H56N2O.C3H6/c1-7-8-24-40-25-26-41-39-20-9-10-35(39)32-15-16-36-37(4)21-17-31(30-13-11-29(12-14-30)28(3)42-6)27(2)33(37)18-22-38(36,5)34(32)19-23-39;1-3-2/h11-14,17,27,32-36,40-41H,3,7,9-10,15-16,18-23,25-26H2,1-2,4-6H3;3H,1H2,2H3/t27?,32?,33?,34?,35-,36?,37?,38?,39?;/m1./s1. The number of methoxy groups -OCH3 is 1. The highest BCUT2D eigenvalue weighted by Gasteiger charge is 2.64. The molecule has 2 N–H and O–H groups in total. The molecule has 1 aromatic rings.